The Morgan fingerprint density at radius 3 is 2.18 bits per heavy atom. The van der Waals surface area contributed by atoms with Crippen LogP contribution < -0.4 is 10.6 Å². The minimum absolute atomic E-state index is 0.0295. The molecule has 2 aromatic rings. The van der Waals surface area contributed by atoms with Gasteiger partial charge in [-0.3, -0.25) is 4.79 Å². The van der Waals surface area contributed by atoms with Crippen molar-refractivity contribution in [2.24, 2.45) is 0 Å². The zero-order chi connectivity index (χ0) is 24.0. The maximum absolute atomic E-state index is 12.5. The second-order valence-corrected chi connectivity index (χ2v) is 8.83. The van der Waals surface area contributed by atoms with Gasteiger partial charge in [-0.25, -0.2) is 9.59 Å². The highest BCUT2D eigenvalue weighted by Gasteiger charge is 2.30. The van der Waals surface area contributed by atoms with E-state index in [4.69, 9.17) is 9.84 Å². The predicted octanol–water partition coefficient (Wildman–Crippen LogP) is 3.04. The van der Waals surface area contributed by atoms with E-state index in [9.17, 15) is 19.5 Å². The SMILES string of the molecule is CC(C)(CCC(=O)NCCC(O)C(=O)O)NC(=O)OCC1c2ccccc2-c2ccccc21. The number of rotatable bonds is 10. The number of benzene rings is 2. The van der Waals surface area contributed by atoms with E-state index in [2.05, 4.69) is 34.9 Å². The van der Waals surface area contributed by atoms with Gasteiger partial charge in [0.25, 0.3) is 0 Å². The summed E-state index contributed by atoms with van der Waals surface area (Å²) in [4.78, 5) is 35.0. The Balaban J connectivity index is 1.46. The third-order valence-corrected chi connectivity index (χ3v) is 5.79. The lowest BCUT2D eigenvalue weighted by Gasteiger charge is -2.26. The molecule has 0 radical (unpaired) electrons. The van der Waals surface area contributed by atoms with Gasteiger partial charge in [-0.1, -0.05) is 48.5 Å². The summed E-state index contributed by atoms with van der Waals surface area (Å²) in [5, 5.41) is 23.2. The van der Waals surface area contributed by atoms with E-state index in [1.54, 1.807) is 13.8 Å². The maximum Gasteiger partial charge on any atom is 0.407 e. The van der Waals surface area contributed by atoms with Crippen molar-refractivity contribution >= 4 is 18.0 Å². The number of carboxylic acids is 1. The number of hydrogen-bond donors (Lipinski definition) is 4. The zero-order valence-electron chi connectivity index (χ0n) is 18.8. The van der Waals surface area contributed by atoms with Crippen LogP contribution in [0.2, 0.25) is 0 Å². The second-order valence-electron chi connectivity index (χ2n) is 8.83. The molecule has 8 heteroatoms. The van der Waals surface area contributed by atoms with Gasteiger partial charge in [0.05, 0.1) is 0 Å². The molecule has 1 unspecified atom stereocenters. The molecule has 2 aromatic carbocycles. The van der Waals surface area contributed by atoms with Crippen LogP contribution in [0.25, 0.3) is 11.1 Å². The Hall–Kier alpha value is -3.39. The fraction of sp³-hybridized carbons (Fsp3) is 0.400. The first-order valence-corrected chi connectivity index (χ1v) is 11.0. The van der Waals surface area contributed by atoms with Crippen LogP contribution in [0.1, 0.15) is 50.2 Å². The van der Waals surface area contributed by atoms with Crippen LogP contribution >= 0.6 is 0 Å². The number of carbonyl (C=O) groups is 3. The Morgan fingerprint density at radius 2 is 1.61 bits per heavy atom. The molecule has 0 spiro atoms. The summed E-state index contributed by atoms with van der Waals surface area (Å²) in [6.07, 6.45) is -1.61. The fourth-order valence-corrected chi connectivity index (χ4v) is 3.96. The first kappa shape index (κ1) is 24.3. The minimum Gasteiger partial charge on any atom is -0.479 e. The number of hydrogen-bond acceptors (Lipinski definition) is 5. The van der Waals surface area contributed by atoms with Gasteiger partial charge in [0.2, 0.25) is 5.91 Å². The smallest absolute Gasteiger partial charge is 0.407 e. The van der Waals surface area contributed by atoms with Crippen molar-refractivity contribution < 1.29 is 29.3 Å². The van der Waals surface area contributed by atoms with Crippen molar-refractivity contribution in [1.82, 2.24) is 10.6 Å². The van der Waals surface area contributed by atoms with Gasteiger partial charge in [0.1, 0.15) is 6.61 Å². The minimum atomic E-state index is -1.50. The molecule has 1 atom stereocenters. The second kappa shape index (κ2) is 10.5. The monoisotopic (exact) mass is 454 g/mol. The summed E-state index contributed by atoms with van der Waals surface area (Å²) in [7, 11) is 0. The molecule has 0 saturated carbocycles. The van der Waals surface area contributed by atoms with Gasteiger partial charge in [-0.05, 0) is 42.5 Å². The van der Waals surface area contributed by atoms with Gasteiger partial charge < -0.3 is 25.6 Å². The van der Waals surface area contributed by atoms with E-state index in [1.165, 1.54) is 0 Å². The first-order chi connectivity index (χ1) is 15.7. The Labute approximate surface area is 193 Å². The molecule has 176 valence electrons. The van der Waals surface area contributed by atoms with Crippen molar-refractivity contribution in [2.75, 3.05) is 13.2 Å². The van der Waals surface area contributed by atoms with Gasteiger partial charge >= 0.3 is 12.1 Å². The van der Waals surface area contributed by atoms with E-state index in [-0.39, 0.29) is 37.8 Å². The molecule has 3 rings (SSSR count). The molecule has 2 amide bonds. The fourth-order valence-electron chi connectivity index (χ4n) is 3.96. The van der Waals surface area contributed by atoms with Crippen LogP contribution in [0.15, 0.2) is 48.5 Å². The molecule has 0 heterocycles. The number of aliphatic carboxylic acids is 1. The average molecular weight is 455 g/mol. The summed E-state index contributed by atoms with van der Waals surface area (Å²) in [5.41, 5.74) is 3.90. The number of nitrogens with one attached hydrogen (secondary N) is 2. The van der Waals surface area contributed by atoms with Crippen LogP contribution in [-0.2, 0) is 14.3 Å². The lowest BCUT2D eigenvalue weighted by Crippen LogP contribution is -2.44. The Morgan fingerprint density at radius 1 is 1.03 bits per heavy atom. The summed E-state index contributed by atoms with van der Waals surface area (Å²) >= 11 is 0. The highest BCUT2D eigenvalue weighted by atomic mass is 16.5. The van der Waals surface area contributed by atoms with E-state index >= 15 is 0 Å². The normalized spacial score (nSPS) is 13.5. The summed E-state index contributed by atoms with van der Waals surface area (Å²) in [6.45, 7) is 3.88. The highest BCUT2D eigenvalue weighted by Crippen LogP contribution is 2.44. The number of carboxylic acid groups (broad SMARTS) is 1. The molecule has 0 aromatic heterocycles. The predicted molar refractivity (Wildman–Crippen MR) is 123 cm³/mol. The van der Waals surface area contributed by atoms with Gasteiger partial charge in [-0.15, -0.1) is 0 Å². The number of ether oxygens (including phenoxy) is 1. The van der Waals surface area contributed by atoms with Crippen molar-refractivity contribution in [3.05, 3.63) is 59.7 Å². The van der Waals surface area contributed by atoms with Crippen molar-refractivity contribution in [3.63, 3.8) is 0 Å². The van der Waals surface area contributed by atoms with E-state index < -0.39 is 23.7 Å². The molecule has 1 aliphatic rings. The van der Waals surface area contributed by atoms with Crippen molar-refractivity contribution in [1.29, 1.82) is 0 Å². The van der Waals surface area contributed by atoms with E-state index in [0.29, 0.717) is 6.42 Å². The lowest BCUT2D eigenvalue weighted by atomic mass is 9.98. The molecule has 0 aliphatic heterocycles. The van der Waals surface area contributed by atoms with E-state index in [1.807, 2.05) is 24.3 Å². The van der Waals surface area contributed by atoms with Crippen LogP contribution in [0.4, 0.5) is 4.79 Å². The molecule has 0 fully saturated rings. The molecule has 4 N–H and O–H groups in total. The van der Waals surface area contributed by atoms with Crippen molar-refractivity contribution in [2.45, 2.75) is 50.7 Å². The molecular weight excluding hydrogens is 424 g/mol. The van der Waals surface area contributed by atoms with Crippen molar-refractivity contribution in [3.8, 4) is 11.1 Å². The van der Waals surface area contributed by atoms with E-state index in [0.717, 1.165) is 22.3 Å². The zero-order valence-corrected chi connectivity index (χ0v) is 18.8. The first-order valence-electron chi connectivity index (χ1n) is 11.0. The Kier molecular flexibility index (Phi) is 7.71. The van der Waals surface area contributed by atoms with Crippen LogP contribution in [-0.4, -0.2) is 53.0 Å². The molecule has 8 nitrogen and oxygen atoms in total. The van der Waals surface area contributed by atoms with Gasteiger partial charge in [0, 0.05) is 30.8 Å². The lowest BCUT2D eigenvalue weighted by molar-refractivity contribution is -0.147. The van der Waals surface area contributed by atoms with Crippen LogP contribution in [0, 0.1) is 0 Å². The standard InChI is InChI=1S/C25H30N2O6/c1-25(2,13-11-22(29)26-14-12-21(28)23(30)31)27-24(32)33-15-20-18-9-5-3-7-16(18)17-8-4-6-10-19(17)20/h3-10,20-21,28H,11-15H2,1-2H3,(H,26,29)(H,27,32)(H,30,31). The third-order valence-electron chi connectivity index (χ3n) is 5.79. The number of aliphatic hydroxyl groups excluding tert-OH is 1. The van der Waals surface area contributed by atoms with Crippen LogP contribution in [0.5, 0.6) is 0 Å². The molecular formula is C25H30N2O6. The highest BCUT2D eigenvalue weighted by molar-refractivity contribution is 5.79. The molecule has 1 aliphatic carbocycles. The number of alkyl carbamates (subject to hydrolysis) is 1. The number of carbonyl (C=O) groups excluding carboxylic acids is 2. The topological polar surface area (TPSA) is 125 Å². The number of aliphatic hydroxyl groups is 1. The summed E-state index contributed by atoms with van der Waals surface area (Å²) < 4.78 is 5.56. The van der Waals surface area contributed by atoms with Gasteiger partial charge in [-0.2, -0.15) is 0 Å². The van der Waals surface area contributed by atoms with Gasteiger partial charge in [0.15, 0.2) is 6.10 Å². The summed E-state index contributed by atoms with van der Waals surface area (Å²) in [6, 6.07) is 16.2. The third kappa shape index (κ3) is 6.32. The number of fused-ring (bicyclic) bond motifs is 3. The van der Waals surface area contributed by atoms with Crippen LogP contribution in [0.3, 0.4) is 0 Å². The average Bonchev–Trinajstić information content (AvgIpc) is 3.10. The molecule has 33 heavy (non-hydrogen) atoms. The molecule has 0 saturated heterocycles. The summed E-state index contributed by atoms with van der Waals surface area (Å²) in [5.74, 6) is -1.63. The number of amides is 2. The quantitative estimate of drug-likeness (QED) is 0.437. The largest absolute Gasteiger partial charge is 0.479 e. The molecule has 0 bridgehead atoms. The Bertz CT molecular complexity index is 974. The maximum atomic E-state index is 12.5.